The molecule has 1 aliphatic heterocycles. The second-order valence-electron chi connectivity index (χ2n) is 4.02. The zero-order valence-corrected chi connectivity index (χ0v) is 9.97. The third kappa shape index (κ3) is 2.02. The predicted octanol–water partition coefficient (Wildman–Crippen LogP) is 1.70. The van der Waals surface area contributed by atoms with E-state index >= 15 is 0 Å². The van der Waals surface area contributed by atoms with Crippen LogP contribution in [0, 0.1) is 0 Å². The maximum Gasteiger partial charge on any atom is 0.314 e. The van der Waals surface area contributed by atoms with Crippen molar-refractivity contribution in [1.29, 1.82) is 0 Å². The Bertz CT molecular complexity index is 456. The smallest absolute Gasteiger partial charge is 0.314 e. The van der Waals surface area contributed by atoms with Gasteiger partial charge in [0.2, 0.25) is 5.91 Å². The predicted molar refractivity (Wildman–Crippen MR) is 63.8 cm³/mol. The summed E-state index contributed by atoms with van der Waals surface area (Å²) in [5.74, 6) is -0.835. The van der Waals surface area contributed by atoms with Crippen LogP contribution in [0.25, 0.3) is 0 Å². The fraction of sp³-hybridized carbons (Fsp3) is 0.385. The van der Waals surface area contributed by atoms with Crippen molar-refractivity contribution in [1.82, 2.24) is 0 Å². The molecule has 1 amide bonds. The van der Waals surface area contributed by atoms with Gasteiger partial charge in [-0.2, -0.15) is 0 Å². The lowest BCUT2D eigenvalue weighted by Crippen LogP contribution is -2.36. The standard InChI is InChI=1S/C13H15NO3/c1-3-17-13(16)10-8-12(15)14(2)11-7-5-4-6-9(10)11/h4-7,10H,3,8H2,1-2H3/t10-/m0/s1. The number of rotatable bonds is 2. The van der Waals surface area contributed by atoms with Gasteiger partial charge in [-0.1, -0.05) is 18.2 Å². The Labute approximate surface area is 100 Å². The van der Waals surface area contributed by atoms with Crippen molar-refractivity contribution < 1.29 is 14.3 Å². The van der Waals surface area contributed by atoms with Crippen molar-refractivity contribution in [3.8, 4) is 0 Å². The van der Waals surface area contributed by atoms with Crippen LogP contribution in [0.4, 0.5) is 5.69 Å². The molecule has 0 aromatic heterocycles. The number of anilines is 1. The van der Waals surface area contributed by atoms with Crippen molar-refractivity contribution in [3.63, 3.8) is 0 Å². The SMILES string of the molecule is CCOC(=O)[C@H]1CC(=O)N(C)c2ccccc21. The first-order valence-corrected chi connectivity index (χ1v) is 5.67. The van der Waals surface area contributed by atoms with Gasteiger partial charge in [0.1, 0.15) is 0 Å². The number of esters is 1. The lowest BCUT2D eigenvalue weighted by atomic mass is 9.90. The molecule has 1 aliphatic rings. The third-order valence-electron chi connectivity index (χ3n) is 3.00. The van der Waals surface area contributed by atoms with Crippen LogP contribution in [-0.4, -0.2) is 25.5 Å². The van der Waals surface area contributed by atoms with Crippen molar-refractivity contribution in [2.75, 3.05) is 18.6 Å². The summed E-state index contributed by atoms with van der Waals surface area (Å²) < 4.78 is 5.01. The molecule has 0 spiro atoms. The highest BCUT2D eigenvalue weighted by molar-refractivity contribution is 6.01. The van der Waals surface area contributed by atoms with Gasteiger partial charge in [-0.15, -0.1) is 0 Å². The van der Waals surface area contributed by atoms with E-state index in [2.05, 4.69) is 0 Å². The summed E-state index contributed by atoms with van der Waals surface area (Å²) in [4.78, 5) is 25.2. The fourth-order valence-electron chi connectivity index (χ4n) is 2.10. The molecular formula is C13H15NO3. The molecule has 0 saturated heterocycles. The first-order chi connectivity index (χ1) is 8.15. The molecule has 0 radical (unpaired) electrons. The average molecular weight is 233 g/mol. The Morgan fingerprint density at radius 1 is 1.47 bits per heavy atom. The van der Waals surface area contributed by atoms with Crippen LogP contribution >= 0.6 is 0 Å². The lowest BCUT2D eigenvalue weighted by Gasteiger charge is -2.30. The van der Waals surface area contributed by atoms with E-state index in [0.717, 1.165) is 11.3 Å². The average Bonchev–Trinajstić information content (AvgIpc) is 2.34. The van der Waals surface area contributed by atoms with Crippen molar-refractivity contribution in [2.24, 2.45) is 0 Å². The normalized spacial score (nSPS) is 18.8. The minimum Gasteiger partial charge on any atom is -0.466 e. The quantitative estimate of drug-likeness (QED) is 0.730. The van der Waals surface area contributed by atoms with Crippen LogP contribution in [0.2, 0.25) is 0 Å². The van der Waals surface area contributed by atoms with E-state index in [4.69, 9.17) is 4.74 Å². The van der Waals surface area contributed by atoms with Crippen LogP contribution in [0.1, 0.15) is 24.8 Å². The minimum atomic E-state index is -0.463. The molecule has 2 rings (SSSR count). The third-order valence-corrected chi connectivity index (χ3v) is 3.00. The van der Waals surface area contributed by atoms with Crippen molar-refractivity contribution >= 4 is 17.6 Å². The molecule has 0 N–H and O–H groups in total. The van der Waals surface area contributed by atoms with E-state index in [0.29, 0.717) is 6.61 Å². The van der Waals surface area contributed by atoms with E-state index in [1.54, 1.807) is 18.9 Å². The highest BCUT2D eigenvalue weighted by atomic mass is 16.5. The maximum absolute atomic E-state index is 11.8. The summed E-state index contributed by atoms with van der Waals surface area (Å²) in [5.41, 5.74) is 1.66. The Kier molecular flexibility index (Phi) is 3.13. The van der Waals surface area contributed by atoms with Gasteiger partial charge in [0.15, 0.2) is 0 Å². The minimum absolute atomic E-state index is 0.0539. The van der Waals surface area contributed by atoms with Gasteiger partial charge in [-0.3, -0.25) is 9.59 Å². The number of hydrogen-bond donors (Lipinski definition) is 0. The largest absolute Gasteiger partial charge is 0.466 e. The fourth-order valence-corrected chi connectivity index (χ4v) is 2.10. The number of nitrogens with zero attached hydrogens (tertiary/aromatic N) is 1. The number of para-hydroxylation sites is 1. The zero-order chi connectivity index (χ0) is 12.4. The highest BCUT2D eigenvalue weighted by Crippen LogP contribution is 2.35. The lowest BCUT2D eigenvalue weighted by molar-refractivity contribution is -0.146. The van der Waals surface area contributed by atoms with Crippen molar-refractivity contribution in [3.05, 3.63) is 29.8 Å². The Hall–Kier alpha value is -1.84. The number of hydrogen-bond acceptors (Lipinski definition) is 3. The van der Waals surface area contributed by atoms with Crippen molar-refractivity contribution in [2.45, 2.75) is 19.3 Å². The topological polar surface area (TPSA) is 46.6 Å². The summed E-state index contributed by atoms with van der Waals surface area (Å²) in [6, 6.07) is 7.45. The molecule has 4 nitrogen and oxygen atoms in total. The Balaban J connectivity index is 2.40. The molecule has 0 fully saturated rings. The number of ether oxygens (including phenoxy) is 1. The molecule has 1 atom stereocenters. The van der Waals surface area contributed by atoms with Crippen LogP contribution in [-0.2, 0) is 14.3 Å². The van der Waals surface area contributed by atoms with E-state index < -0.39 is 5.92 Å². The van der Waals surface area contributed by atoms with E-state index in [1.165, 1.54) is 0 Å². The van der Waals surface area contributed by atoms with Crippen LogP contribution in [0.15, 0.2) is 24.3 Å². The first kappa shape index (κ1) is 11.6. The van der Waals surface area contributed by atoms with E-state index in [9.17, 15) is 9.59 Å². The van der Waals surface area contributed by atoms with E-state index in [1.807, 2.05) is 24.3 Å². The van der Waals surface area contributed by atoms with Crippen LogP contribution in [0.3, 0.4) is 0 Å². The highest BCUT2D eigenvalue weighted by Gasteiger charge is 2.34. The number of fused-ring (bicyclic) bond motifs is 1. The molecule has 1 aromatic carbocycles. The number of amides is 1. The van der Waals surface area contributed by atoms with Gasteiger partial charge in [0.05, 0.1) is 12.5 Å². The summed E-state index contributed by atoms with van der Waals surface area (Å²) in [6.07, 6.45) is 0.187. The van der Waals surface area contributed by atoms with Gasteiger partial charge in [0.25, 0.3) is 0 Å². The Morgan fingerprint density at radius 2 is 2.18 bits per heavy atom. The second kappa shape index (κ2) is 4.57. The molecular weight excluding hydrogens is 218 g/mol. The van der Waals surface area contributed by atoms with Gasteiger partial charge in [-0.25, -0.2) is 0 Å². The maximum atomic E-state index is 11.8. The first-order valence-electron chi connectivity index (χ1n) is 5.67. The number of carbonyl (C=O) groups excluding carboxylic acids is 2. The number of benzene rings is 1. The molecule has 4 heteroatoms. The molecule has 1 heterocycles. The van der Waals surface area contributed by atoms with Gasteiger partial charge >= 0.3 is 5.97 Å². The van der Waals surface area contributed by atoms with Gasteiger partial charge in [0, 0.05) is 19.2 Å². The molecule has 90 valence electrons. The van der Waals surface area contributed by atoms with Crippen LogP contribution < -0.4 is 4.90 Å². The molecule has 0 unspecified atom stereocenters. The second-order valence-corrected chi connectivity index (χ2v) is 4.02. The van der Waals surface area contributed by atoms with Crippen LogP contribution in [0.5, 0.6) is 0 Å². The summed E-state index contributed by atoms with van der Waals surface area (Å²) >= 11 is 0. The zero-order valence-electron chi connectivity index (χ0n) is 9.97. The Morgan fingerprint density at radius 3 is 2.88 bits per heavy atom. The van der Waals surface area contributed by atoms with E-state index in [-0.39, 0.29) is 18.3 Å². The molecule has 1 aromatic rings. The summed E-state index contributed by atoms with van der Waals surface area (Å²) in [6.45, 7) is 2.10. The summed E-state index contributed by atoms with van der Waals surface area (Å²) in [7, 11) is 1.72. The number of carbonyl (C=O) groups is 2. The van der Waals surface area contributed by atoms with Gasteiger partial charge < -0.3 is 9.64 Å². The molecule has 0 bridgehead atoms. The summed E-state index contributed by atoms with van der Waals surface area (Å²) in [5, 5.41) is 0. The molecule has 0 aliphatic carbocycles. The monoisotopic (exact) mass is 233 g/mol. The molecule has 0 saturated carbocycles. The molecule has 17 heavy (non-hydrogen) atoms. The van der Waals surface area contributed by atoms with Gasteiger partial charge in [-0.05, 0) is 18.6 Å².